The van der Waals surface area contributed by atoms with E-state index >= 15 is 0 Å². The van der Waals surface area contributed by atoms with Gasteiger partial charge in [-0.05, 0) is 37.6 Å². The average Bonchev–Trinajstić information content (AvgIpc) is 2.88. The van der Waals surface area contributed by atoms with Crippen molar-refractivity contribution in [2.75, 3.05) is 0 Å². The van der Waals surface area contributed by atoms with E-state index in [0.29, 0.717) is 12.0 Å². The molecule has 2 unspecified atom stereocenters. The number of fused-ring (bicyclic) bond motifs is 1. The number of carbonyl (C=O) groups is 1. The lowest BCUT2D eigenvalue weighted by atomic mass is 9.99. The van der Waals surface area contributed by atoms with E-state index in [-0.39, 0.29) is 6.47 Å². The van der Waals surface area contributed by atoms with Crippen LogP contribution in [0.5, 0.6) is 0 Å². The highest BCUT2D eigenvalue weighted by Gasteiger charge is 2.27. The number of benzene rings is 1. The first kappa shape index (κ1) is 17.2. The Bertz CT molecular complexity index is 720. The van der Waals surface area contributed by atoms with E-state index in [1.54, 1.807) is 6.20 Å². The summed E-state index contributed by atoms with van der Waals surface area (Å²) in [5.74, 6) is 1.41. The standard InChI is InChI=1S/C15H18N4S.CH2O2/c1-3-11-9(2)18-19-15(11)17-14-6-7-16-13-5-4-10(20)8-12(13)14;2-1-3/h4-9,11,18,20H,3H2,1-2H3,(H,16,17,19);1H,(H,2,3). The lowest BCUT2D eigenvalue weighted by Gasteiger charge is -2.10. The largest absolute Gasteiger partial charge is 0.483 e. The number of thiol groups is 1. The molecule has 0 bridgehead atoms. The van der Waals surface area contributed by atoms with Crippen LogP contribution in [-0.4, -0.2) is 28.4 Å². The zero-order valence-corrected chi connectivity index (χ0v) is 13.9. The number of aliphatic imine (C=N–C) groups is 1. The summed E-state index contributed by atoms with van der Waals surface area (Å²) >= 11 is 4.40. The molecule has 6 nitrogen and oxygen atoms in total. The number of nitrogens with one attached hydrogen (secondary N) is 2. The second-order valence-electron chi connectivity index (χ2n) is 5.21. The Kier molecular flexibility index (Phi) is 5.95. The molecular weight excluding hydrogens is 312 g/mol. The monoisotopic (exact) mass is 332 g/mol. The number of nitrogens with zero attached hydrogens (tertiary/aromatic N) is 2. The van der Waals surface area contributed by atoms with E-state index in [1.165, 1.54) is 0 Å². The number of rotatable bonds is 2. The Morgan fingerprint density at radius 1 is 1.43 bits per heavy atom. The normalized spacial score (nSPS) is 21.6. The fourth-order valence-corrected chi connectivity index (χ4v) is 2.83. The van der Waals surface area contributed by atoms with Crippen LogP contribution < -0.4 is 10.9 Å². The molecule has 0 radical (unpaired) electrons. The third-order valence-corrected chi connectivity index (χ3v) is 4.04. The first-order valence-electron chi connectivity index (χ1n) is 7.36. The van der Waals surface area contributed by atoms with Gasteiger partial charge in [0.15, 0.2) is 0 Å². The highest BCUT2D eigenvalue weighted by molar-refractivity contribution is 7.80. The van der Waals surface area contributed by atoms with Gasteiger partial charge in [0.1, 0.15) is 5.84 Å². The number of hydrogen-bond donors (Lipinski definition) is 4. The number of carboxylic acid groups (broad SMARTS) is 1. The van der Waals surface area contributed by atoms with Gasteiger partial charge in [0.05, 0.1) is 11.2 Å². The van der Waals surface area contributed by atoms with Crippen molar-refractivity contribution in [2.45, 2.75) is 31.2 Å². The van der Waals surface area contributed by atoms with Gasteiger partial charge in [0, 0.05) is 28.4 Å². The lowest BCUT2D eigenvalue weighted by Crippen LogP contribution is -2.29. The van der Waals surface area contributed by atoms with Crippen LogP contribution in [0.3, 0.4) is 0 Å². The van der Waals surface area contributed by atoms with E-state index in [4.69, 9.17) is 14.9 Å². The maximum atomic E-state index is 8.36. The molecular formula is C16H20N4O2S. The van der Waals surface area contributed by atoms with Crippen molar-refractivity contribution < 1.29 is 9.90 Å². The van der Waals surface area contributed by atoms with Gasteiger partial charge < -0.3 is 10.5 Å². The van der Waals surface area contributed by atoms with Gasteiger partial charge in [0.25, 0.3) is 6.47 Å². The first-order valence-corrected chi connectivity index (χ1v) is 7.81. The molecule has 2 heterocycles. The minimum Gasteiger partial charge on any atom is -0.483 e. The zero-order valence-electron chi connectivity index (χ0n) is 13.0. The quantitative estimate of drug-likeness (QED) is 0.502. The molecule has 3 rings (SSSR count). The van der Waals surface area contributed by atoms with Crippen LogP contribution in [-0.2, 0) is 4.79 Å². The molecule has 0 saturated carbocycles. The van der Waals surface area contributed by atoms with Gasteiger partial charge in [-0.3, -0.25) is 9.78 Å². The Morgan fingerprint density at radius 2 is 2.17 bits per heavy atom. The van der Waals surface area contributed by atoms with Crippen LogP contribution in [0.15, 0.2) is 40.4 Å². The first-order chi connectivity index (χ1) is 11.1. The summed E-state index contributed by atoms with van der Waals surface area (Å²) in [5, 5.41) is 7.92. The van der Waals surface area contributed by atoms with Crippen LogP contribution in [0.25, 0.3) is 10.9 Å². The smallest absolute Gasteiger partial charge is 0.290 e. The van der Waals surface area contributed by atoms with Crippen molar-refractivity contribution in [3.63, 3.8) is 0 Å². The van der Waals surface area contributed by atoms with Crippen LogP contribution in [0, 0.1) is 5.92 Å². The summed E-state index contributed by atoms with van der Waals surface area (Å²) in [5.41, 5.74) is 8.31. The third kappa shape index (κ3) is 4.00. The molecule has 2 atom stereocenters. The molecule has 0 amide bonds. The summed E-state index contributed by atoms with van der Waals surface area (Å²) < 4.78 is 0. The van der Waals surface area contributed by atoms with Crippen molar-refractivity contribution in [1.82, 2.24) is 15.8 Å². The van der Waals surface area contributed by atoms with Gasteiger partial charge in [-0.2, -0.15) is 0 Å². The van der Waals surface area contributed by atoms with Crippen LogP contribution in [0.1, 0.15) is 20.3 Å². The number of aromatic nitrogens is 1. The molecule has 0 spiro atoms. The van der Waals surface area contributed by atoms with E-state index < -0.39 is 0 Å². The van der Waals surface area contributed by atoms with Gasteiger partial charge in [0.2, 0.25) is 0 Å². The minimum absolute atomic E-state index is 0.250. The topological polar surface area (TPSA) is 86.6 Å². The second-order valence-corrected chi connectivity index (χ2v) is 5.72. The Labute approximate surface area is 140 Å². The number of hydrogen-bond acceptors (Lipinski definition) is 5. The number of amidine groups is 1. The van der Waals surface area contributed by atoms with Crippen molar-refractivity contribution >= 4 is 41.5 Å². The molecule has 1 saturated heterocycles. The summed E-state index contributed by atoms with van der Waals surface area (Å²) in [6.07, 6.45) is 2.85. The fourth-order valence-electron chi connectivity index (χ4n) is 2.62. The number of pyridine rings is 1. The van der Waals surface area contributed by atoms with Gasteiger partial charge in [-0.1, -0.05) is 6.92 Å². The summed E-state index contributed by atoms with van der Waals surface area (Å²) in [6.45, 7) is 4.10. The third-order valence-electron chi connectivity index (χ3n) is 3.77. The van der Waals surface area contributed by atoms with Crippen molar-refractivity contribution in [3.8, 4) is 0 Å². The van der Waals surface area contributed by atoms with Gasteiger partial charge >= 0.3 is 0 Å². The molecule has 23 heavy (non-hydrogen) atoms. The lowest BCUT2D eigenvalue weighted by molar-refractivity contribution is -0.122. The van der Waals surface area contributed by atoms with E-state index in [9.17, 15) is 0 Å². The summed E-state index contributed by atoms with van der Waals surface area (Å²) in [6, 6.07) is 8.27. The van der Waals surface area contributed by atoms with Crippen molar-refractivity contribution in [3.05, 3.63) is 30.5 Å². The molecule has 3 N–H and O–H groups in total. The molecule has 122 valence electrons. The Hall–Kier alpha value is -2.12. The Balaban J connectivity index is 0.000000595. The molecule has 7 heteroatoms. The van der Waals surface area contributed by atoms with E-state index in [1.807, 2.05) is 24.3 Å². The number of hydrazine groups is 1. The highest BCUT2D eigenvalue weighted by atomic mass is 32.1. The van der Waals surface area contributed by atoms with E-state index in [2.05, 4.69) is 42.3 Å². The molecule has 1 aromatic heterocycles. The maximum absolute atomic E-state index is 8.36. The maximum Gasteiger partial charge on any atom is 0.290 e. The molecule has 0 aliphatic carbocycles. The van der Waals surface area contributed by atoms with Crippen molar-refractivity contribution in [1.29, 1.82) is 0 Å². The fraction of sp³-hybridized carbons (Fsp3) is 0.312. The van der Waals surface area contributed by atoms with Gasteiger partial charge in [-0.25, -0.2) is 10.4 Å². The molecule has 1 aliphatic rings. The second kappa shape index (κ2) is 7.94. The van der Waals surface area contributed by atoms with E-state index in [0.717, 1.165) is 33.7 Å². The minimum atomic E-state index is -0.250. The van der Waals surface area contributed by atoms with Crippen LogP contribution in [0.2, 0.25) is 0 Å². The van der Waals surface area contributed by atoms with Gasteiger partial charge in [-0.15, -0.1) is 12.6 Å². The molecule has 2 aromatic rings. The summed E-state index contributed by atoms with van der Waals surface area (Å²) in [4.78, 5) is 18.5. The molecule has 1 aliphatic heterocycles. The molecule has 1 fully saturated rings. The Morgan fingerprint density at radius 3 is 2.87 bits per heavy atom. The van der Waals surface area contributed by atoms with Crippen molar-refractivity contribution in [2.24, 2.45) is 10.9 Å². The summed E-state index contributed by atoms with van der Waals surface area (Å²) in [7, 11) is 0. The predicted molar refractivity (Wildman–Crippen MR) is 94.3 cm³/mol. The predicted octanol–water partition coefficient (Wildman–Crippen LogP) is 2.78. The molecule has 1 aromatic carbocycles. The average molecular weight is 332 g/mol. The highest BCUT2D eigenvalue weighted by Crippen LogP contribution is 2.28. The van der Waals surface area contributed by atoms with Crippen LogP contribution in [0.4, 0.5) is 5.69 Å². The van der Waals surface area contributed by atoms with Crippen LogP contribution >= 0.6 is 12.6 Å². The zero-order chi connectivity index (χ0) is 16.8. The SMILES string of the molecule is CCC1C(=Nc2ccnc3ccc(S)cc23)NNC1C.O=CO.